The lowest BCUT2D eigenvalue weighted by Crippen LogP contribution is -2.22. The molecule has 0 bridgehead atoms. The number of carboxylic acids is 3. The summed E-state index contributed by atoms with van der Waals surface area (Å²) in [5.74, 6) is -3.07. The van der Waals surface area contributed by atoms with E-state index in [-0.39, 0.29) is 23.2 Å². The van der Waals surface area contributed by atoms with Crippen molar-refractivity contribution in [2.45, 2.75) is 0 Å². The number of carboxylic acid groups (broad SMARTS) is 3. The molecule has 56 heavy (non-hydrogen) atoms. The number of hydrogen-bond acceptors (Lipinski definition) is 17. The zero-order valence-electron chi connectivity index (χ0n) is 28.6. The minimum absolute atomic E-state index is 0.0413. The highest BCUT2D eigenvalue weighted by atomic mass is 16.4. The van der Waals surface area contributed by atoms with Gasteiger partial charge in [-0.15, -0.1) is 53.1 Å². The van der Waals surface area contributed by atoms with Crippen LogP contribution in [0.1, 0.15) is 27.0 Å². The monoisotopic (exact) mass is 748 g/mol. The Morgan fingerprint density at radius 3 is 1.27 bits per heavy atom. The van der Waals surface area contributed by atoms with E-state index in [1.165, 1.54) is 24.6 Å². The van der Waals surface area contributed by atoms with Gasteiger partial charge in [-0.25, -0.2) is 24.6 Å². The molecule has 19 nitrogen and oxygen atoms in total. The molecule has 0 aliphatic heterocycles. The van der Waals surface area contributed by atoms with Crippen LogP contribution in [0.2, 0.25) is 0 Å². The third-order valence-electron chi connectivity index (χ3n) is 6.88. The van der Waals surface area contributed by atoms with Crippen molar-refractivity contribution in [3.63, 3.8) is 0 Å². The van der Waals surface area contributed by atoms with Crippen molar-refractivity contribution in [1.82, 2.24) is 40.8 Å². The molecule has 0 aliphatic rings. The molecule has 0 amide bonds. The van der Waals surface area contributed by atoms with E-state index in [9.17, 15) is 24.6 Å². The molecule has 0 saturated heterocycles. The Bertz CT molecular complexity index is 2260. The number of nitrogens with zero attached hydrogens (tertiary/aromatic N) is 12. The molecule has 2 N–H and O–H groups in total. The van der Waals surface area contributed by atoms with Gasteiger partial charge in [0.05, 0.1) is 29.1 Å². The van der Waals surface area contributed by atoms with Gasteiger partial charge >= 0.3 is 11.9 Å². The first-order chi connectivity index (χ1) is 27.0. The highest BCUT2D eigenvalue weighted by Crippen LogP contribution is 2.21. The van der Waals surface area contributed by atoms with E-state index >= 15 is 0 Å². The molecule has 6 rings (SSSR count). The quantitative estimate of drug-likeness (QED) is 0.134. The molecule has 0 spiro atoms. The third-order valence-corrected chi connectivity index (χ3v) is 6.88. The smallest absolute Gasteiger partial charge is 0.346 e. The fourth-order valence-electron chi connectivity index (χ4n) is 4.16. The van der Waals surface area contributed by atoms with Crippen molar-refractivity contribution in [3.8, 4) is 22.8 Å². The van der Waals surface area contributed by atoms with Gasteiger partial charge < -0.3 is 25.2 Å². The van der Waals surface area contributed by atoms with E-state index in [4.69, 9.17) is 10.2 Å². The number of carbonyl (C=O) groups is 3. The van der Waals surface area contributed by atoms with E-state index in [2.05, 4.69) is 67.3 Å². The first kappa shape index (κ1) is 38.6. The number of aromatic nitrogens is 8. The molecule has 4 aromatic carbocycles. The van der Waals surface area contributed by atoms with Gasteiger partial charge in [0.15, 0.2) is 0 Å². The Morgan fingerprint density at radius 1 is 0.518 bits per heavy atom. The number of carbonyl (C=O) groups excluding carboxylic acids is 1. The van der Waals surface area contributed by atoms with Crippen LogP contribution in [-0.2, 0) is 9.59 Å². The van der Waals surface area contributed by atoms with Crippen LogP contribution in [0.15, 0.2) is 124 Å². The highest BCUT2D eigenvalue weighted by molar-refractivity contribution is 6.22. The Balaban J connectivity index is 0.000000214. The van der Waals surface area contributed by atoms with Gasteiger partial charge in [-0.3, -0.25) is 4.99 Å². The standard InChI is InChI=1S/C19H14N6O3.C18H12N6O4/c1-12(26)15-6-2-13(3-7-15)10-20-18-22-24-19(25-23-18)21-11-14-4-8-16(9-5-14)17(27)28;25-15(26)9-19-13-5-1-11(2-6-13)17-21-23-18(24-22-17)12-3-7-14(8-4-12)20-10-16(27)28/h2-11,26H,1H2,(H,27,28);1-10H,(H,25,26)(H,27,28)/p-2. The van der Waals surface area contributed by atoms with Crippen molar-refractivity contribution >= 4 is 71.8 Å². The number of aliphatic carboxylic acids is 2. The molecular weight excluding hydrogens is 724 g/mol. The fraction of sp³-hybridized carbons (Fsp3) is 0. The lowest BCUT2D eigenvalue weighted by atomic mass is 10.1. The molecule has 2 heterocycles. The summed E-state index contributed by atoms with van der Waals surface area (Å²) in [7, 11) is 0. The number of aromatic carboxylic acids is 1. The van der Waals surface area contributed by atoms with Crippen molar-refractivity contribution in [2.75, 3.05) is 0 Å². The van der Waals surface area contributed by atoms with Crippen LogP contribution in [0.3, 0.4) is 0 Å². The highest BCUT2D eigenvalue weighted by Gasteiger charge is 2.07. The van der Waals surface area contributed by atoms with E-state index in [1.54, 1.807) is 84.9 Å². The van der Waals surface area contributed by atoms with Gasteiger partial charge in [0.25, 0.3) is 11.9 Å². The van der Waals surface area contributed by atoms with Gasteiger partial charge in [0.1, 0.15) is 6.21 Å². The van der Waals surface area contributed by atoms with E-state index < -0.39 is 17.9 Å². The average molecular weight is 749 g/mol. The van der Waals surface area contributed by atoms with Crippen molar-refractivity contribution < 1.29 is 34.8 Å². The first-order valence-electron chi connectivity index (χ1n) is 15.8. The van der Waals surface area contributed by atoms with Crippen LogP contribution >= 0.6 is 0 Å². The summed E-state index contributed by atoms with van der Waals surface area (Å²) in [5, 5.41) is 70.3. The fourth-order valence-corrected chi connectivity index (χ4v) is 4.16. The van der Waals surface area contributed by atoms with Crippen molar-refractivity contribution in [3.05, 3.63) is 126 Å². The Morgan fingerprint density at radius 2 is 0.911 bits per heavy atom. The maximum absolute atomic E-state index is 11.1. The largest absolute Gasteiger partial charge is 0.872 e. The summed E-state index contributed by atoms with van der Waals surface area (Å²) < 4.78 is 0. The summed E-state index contributed by atoms with van der Waals surface area (Å²) in [6.45, 7) is 3.34. The normalized spacial score (nSPS) is 11.1. The Kier molecular flexibility index (Phi) is 12.9. The Hall–Kier alpha value is -8.61. The van der Waals surface area contributed by atoms with E-state index in [0.29, 0.717) is 51.5 Å². The minimum Gasteiger partial charge on any atom is -0.872 e. The second kappa shape index (κ2) is 18.8. The predicted octanol–water partition coefficient (Wildman–Crippen LogP) is 2.64. The van der Waals surface area contributed by atoms with Crippen LogP contribution in [0.5, 0.6) is 0 Å². The lowest BCUT2D eigenvalue weighted by molar-refractivity contribution is -0.293. The van der Waals surface area contributed by atoms with E-state index in [1.807, 2.05) is 0 Å². The van der Waals surface area contributed by atoms with Crippen LogP contribution in [0.4, 0.5) is 23.3 Å². The van der Waals surface area contributed by atoms with Gasteiger partial charge in [-0.1, -0.05) is 36.4 Å². The molecule has 0 radical (unpaired) electrons. The molecule has 0 saturated carbocycles. The Labute approximate surface area is 315 Å². The van der Waals surface area contributed by atoms with Gasteiger partial charge in [-0.05, 0) is 77.4 Å². The minimum atomic E-state index is -1.38. The summed E-state index contributed by atoms with van der Waals surface area (Å²) >= 11 is 0. The predicted molar refractivity (Wildman–Crippen MR) is 198 cm³/mol. The second-order valence-corrected chi connectivity index (χ2v) is 10.8. The van der Waals surface area contributed by atoms with Crippen molar-refractivity contribution in [2.24, 2.45) is 20.0 Å². The summed E-state index contributed by atoms with van der Waals surface area (Å²) in [5.41, 5.74) is 4.33. The molecular formula is C37H24N12O7-2. The number of rotatable bonds is 12. The molecule has 276 valence electrons. The summed E-state index contributed by atoms with van der Waals surface area (Å²) in [6.07, 6.45) is 4.49. The lowest BCUT2D eigenvalue weighted by Gasteiger charge is -2.08. The number of benzene rings is 4. The molecule has 6 aromatic rings. The number of hydrogen-bond donors (Lipinski definition) is 2. The van der Waals surface area contributed by atoms with Crippen LogP contribution < -0.4 is 10.2 Å². The van der Waals surface area contributed by atoms with Crippen LogP contribution in [-0.4, -0.2) is 93.8 Å². The maximum Gasteiger partial charge on any atom is 0.346 e. The van der Waals surface area contributed by atoms with Crippen LogP contribution in [0, 0.1) is 0 Å². The molecule has 19 heteroatoms. The second-order valence-electron chi connectivity index (χ2n) is 10.8. The van der Waals surface area contributed by atoms with Crippen LogP contribution in [0.25, 0.3) is 28.5 Å². The zero-order chi connectivity index (χ0) is 39.9. The maximum atomic E-state index is 11.1. The number of aliphatic imine (C=N–C) groups is 4. The van der Waals surface area contributed by atoms with Gasteiger partial charge in [-0.2, -0.15) is 0 Å². The molecule has 0 atom stereocenters. The van der Waals surface area contributed by atoms with Gasteiger partial charge in [0.2, 0.25) is 11.6 Å². The van der Waals surface area contributed by atoms with Gasteiger partial charge in [0, 0.05) is 23.6 Å². The first-order valence-corrected chi connectivity index (χ1v) is 15.8. The molecule has 0 fully saturated rings. The SMILES string of the molecule is C=C([O-])c1ccc(C=Nc2nnc(N=Cc3ccc(C(=O)O)cc3)nn2)cc1.O=C([O-])C=Nc1ccc(-c2nnc(-c3ccc(N=CC(=O)O)cc3)nn2)cc1. The van der Waals surface area contributed by atoms with E-state index in [0.717, 1.165) is 11.8 Å². The summed E-state index contributed by atoms with van der Waals surface area (Å²) in [4.78, 5) is 47.2. The van der Waals surface area contributed by atoms with Crippen molar-refractivity contribution in [1.29, 1.82) is 0 Å². The summed E-state index contributed by atoms with van der Waals surface area (Å²) in [6, 6.07) is 26.0. The molecule has 0 aliphatic carbocycles. The average Bonchev–Trinajstić information content (AvgIpc) is 3.22. The topological polar surface area (TPSA) is 290 Å². The molecule has 2 aromatic heterocycles. The third kappa shape index (κ3) is 11.7. The zero-order valence-corrected chi connectivity index (χ0v) is 28.6. The molecule has 0 unspecified atom stereocenters.